The number of aliphatic carboxylic acids is 1. The van der Waals surface area contributed by atoms with Gasteiger partial charge in [-0.1, -0.05) is 44.5 Å². The number of nitrogens with one attached hydrogen (secondary N) is 1. The first-order valence-corrected chi connectivity index (χ1v) is 17.3. The van der Waals surface area contributed by atoms with Gasteiger partial charge in [0, 0.05) is 18.8 Å². The molecule has 50 heavy (non-hydrogen) atoms. The van der Waals surface area contributed by atoms with E-state index < -0.39 is 47.7 Å². The molecule has 11 heteroatoms. The summed E-state index contributed by atoms with van der Waals surface area (Å²) in [4.78, 5) is 46.4. The number of carboxylic acids is 1. The quantitative estimate of drug-likeness (QED) is 0.192. The van der Waals surface area contributed by atoms with Crippen molar-refractivity contribution in [2.45, 2.75) is 90.9 Å². The Balaban J connectivity index is 1.58. The van der Waals surface area contributed by atoms with Crippen LogP contribution in [0.1, 0.15) is 98.1 Å². The van der Waals surface area contributed by atoms with Crippen LogP contribution in [0.4, 0.5) is 13.2 Å². The van der Waals surface area contributed by atoms with Gasteiger partial charge in [-0.2, -0.15) is 13.2 Å². The summed E-state index contributed by atoms with van der Waals surface area (Å²) < 4.78 is 43.1. The molecule has 1 saturated carbocycles. The van der Waals surface area contributed by atoms with Crippen molar-refractivity contribution in [3.63, 3.8) is 0 Å². The first kappa shape index (κ1) is 37.0. The first-order valence-electron chi connectivity index (χ1n) is 17.3. The van der Waals surface area contributed by atoms with Crippen LogP contribution in [0.2, 0.25) is 0 Å². The summed E-state index contributed by atoms with van der Waals surface area (Å²) in [6.07, 6.45) is 2.67. The Bertz CT molecular complexity index is 1840. The van der Waals surface area contributed by atoms with Crippen LogP contribution in [0.3, 0.4) is 0 Å². The molecule has 0 saturated heterocycles. The predicted molar refractivity (Wildman–Crippen MR) is 188 cm³/mol. The molecular formula is C39H47F3N4O4. The molecular weight excluding hydrogens is 645 g/mol. The number of alkyl halides is 3. The van der Waals surface area contributed by atoms with E-state index in [-0.39, 0.29) is 29.7 Å². The third kappa shape index (κ3) is 8.20. The second-order valence-corrected chi connectivity index (χ2v) is 14.8. The lowest BCUT2D eigenvalue weighted by Crippen LogP contribution is -2.41. The van der Waals surface area contributed by atoms with Crippen molar-refractivity contribution in [3.8, 4) is 11.1 Å². The van der Waals surface area contributed by atoms with E-state index in [4.69, 9.17) is 4.98 Å². The minimum Gasteiger partial charge on any atom is -0.481 e. The molecule has 8 nitrogen and oxygen atoms in total. The lowest BCUT2D eigenvalue weighted by molar-refractivity contribution is -0.139. The number of carbonyl (C=O) groups excluding carboxylic acids is 1. The Morgan fingerprint density at radius 3 is 2.30 bits per heavy atom. The maximum atomic E-state index is 14.2. The summed E-state index contributed by atoms with van der Waals surface area (Å²) in [5.74, 6) is -1.95. The van der Waals surface area contributed by atoms with Gasteiger partial charge in [-0.25, -0.2) is 0 Å². The Hall–Kier alpha value is -4.25. The number of carboxylic acid groups (broad SMARTS) is 1. The minimum absolute atomic E-state index is 0.00866. The summed E-state index contributed by atoms with van der Waals surface area (Å²) in [5, 5.41) is 12.9. The van der Waals surface area contributed by atoms with Gasteiger partial charge in [0.05, 0.1) is 29.4 Å². The maximum Gasteiger partial charge on any atom is 0.416 e. The van der Waals surface area contributed by atoms with E-state index in [1.807, 2.05) is 58.0 Å². The third-order valence-electron chi connectivity index (χ3n) is 10.00. The fraction of sp³-hybridized carbons (Fsp3) is 0.487. The molecule has 1 amide bonds. The van der Waals surface area contributed by atoms with E-state index in [9.17, 15) is 32.7 Å². The summed E-state index contributed by atoms with van der Waals surface area (Å²) in [6, 6.07) is 8.13. The Morgan fingerprint density at radius 2 is 1.76 bits per heavy atom. The molecule has 2 aliphatic carbocycles. The fourth-order valence-electron chi connectivity index (χ4n) is 7.25. The van der Waals surface area contributed by atoms with Crippen molar-refractivity contribution in [1.82, 2.24) is 19.8 Å². The molecule has 2 aromatic heterocycles. The number of hydrogen-bond donors (Lipinski definition) is 2. The van der Waals surface area contributed by atoms with Crippen LogP contribution in [0.5, 0.6) is 0 Å². The van der Waals surface area contributed by atoms with Crippen molar-refractivity contribution in [2.75, 3.05) is 20.6 Å². The number of aryl methyl sites for hydroxylation is 2. The Labute approximate surface area is 291 Å². The van der Waals surface area contributed by atoms with Gasteiger partial charge in [0.2, 0.25) is 5.91 Å². The molecule has 2 aliphatic rings. The summed E-state index contributed by atoms with van der Waals surface area (Å²) >= 11 is 0. The number of benzene rings is 1. The van der Waals surface area contributed by atoms with Gasteiger partial charge in [0.25, 0.3) is 5.56 Å². The van der Waals surface area contributed by atoms with Crippen LogP contribution in [0.25, 0.3) is 16.7 Å². The Kier molecular flexibility index (Phi) is 10.8. The van der Waals surface area contributed by atoms with E-state index in [0.717, 1.165) is 63.5 Å². The molecule has 1 fully saturated rings. The molecule has 0 radical (unpaired) electrons. The smallest absolute Gasteiger partial charge is 0.416 e. The van der Waals surface area contributed by atoms with Crippen molar-refractivity contribution in [2.24, 2.45) is 11.3 Å². The van der Waals surface area contributed by atoms with Crippen molar-refractivity contribution < 1.29 is 27.9 Å². The molecule has 1 spiro atoms. The maximum absolute atomic E-state index is 14.2. The summed E-state index contributed by atoms with van der Waals surface area (Å²) in [5.41, 5.74) is 4.22. The van der Waals surface area contributed by atoms with E-state index in [2.05, 4.69) is 11.4 Å². The largest absolute Gasteiger partial charge is 0.481 e. The highest BCUT2D eigenvalue weighted by Crippen LogP contribution is 2.56. The van der Waals surface area contributed by atoms with Gasteiger partial charge in [-0.05, 0) is 117 Å². The van der Waals surface area contributed by atoms with E-state index in [1.54, 1.807) is 19.0 Å². The number of nitrogens with zero attached hydrogens (tertiary/aromatic N) is 3. The van der Waals surface area contributed by atoms with Crippen LogP contribution in [0.15, 0.2) is 53.5 Å². The zero-order chi connectivity index (χ0) is 36.5. The lowest BCUT2D eigenvalue weighted by atomic mass is 9.58. The van der Waals surface area contributed by atoms with Gasteiger partial charge in [0.15, 0.2) is 0 Å². The summed E-state index contributed by atoms with van der Waals surface area (Å²) in [6.45, 7) is 8.01. The molecule has 0 aliphatic heterocycles. The fourth-order valence-corrected chi connectivity index (χ4v) is 7.25. The Morgan fingerprint density at radius 1 is 1.10 bits per heavy atom. The van der Waals surface area contributed by atoms with E-state index in [1.165, 1.54) is 6.42 Å². The molecule has 0 bridgehead atoms. The third-order valence-corrected chi connectivity index (χ3v) is 10.00. The number of amides is 1. The number of aromatic nitrogens is 2. The SMILES string of the molecule is Cc1cccc(C)c1-c1cc(C2=CC3(CCC3)C2)nc([C@H](CC(=O)O)NC(=O)[C@H](CC(C)C)n2cc(CCN(C)C)c(C(F)(F)F)cc2=O)c1. The van der Waals surface area contributed by atoms with Gasteiger partial charge in [-0.15, -0.1) is 0 Å². The van der Waals surface area contributed by atoms with Crippen LogP contribution < -0.4 is 10.9 Å². The first-order chi connectivity index (χ1) is 23.5. The van der Waals surface area contributed by atoms with Crippen molar-refractivity contribution in [3.05, 3.63) is 92.7 Å². The van der Waals surface area contributed by atoms with Crippen molar-refractivity contribution in [1.29, 1.82) is 0 Å². The predicted octanol–water partition coefficient (Wildman–Crippen LogP) is 7.53. The van der Waals surface area contributed by atoms with Gasteiger partial charge in [-0.3, -0.25) is 19.4 Å². The molecule has 2 atom stereocenters. The highest BCUT2D eigenvalue weighted by Gasteiger charge is 2.43. The number of pyridine rings is 2. The zero-order valence-electron chi connectivity index (χ0n) is 29.7. The number of allylic oxidation sites excluding steroid dienone is 2. The summed E-state index contributed by atoms with van der Waals surface area (Å²) in [7, 11) is 3.48. The molecule has 3 aromatic rings. The van der Waals surface area contributed by atoms with Crippen LogP contribution in [-0.4, -0.2) is 52.1 Å². The minimum atomic E-state index is -4.75. The molecule has 5 rings (SSSR count). The van der Waals surface area contributed by atoms with E-state index >= 15 is 0 Å². The molecule has 2 N–H and O–H groups in total. The second kappa shape index (κ2) is 14.5. The van der Waals surface area contributed by atoms with Crippen LogP contribution in [-0.2, 0) is 22.2 Å². The highest BCUT2D eigenvalue weighted by atomic mass is 19.4. The molecule has 1 aromatic carbocycles. The van der Waals surface area contributed by atoms with Crippen LogP contribution in [0, 0.1) is 25.2 Å². The van der Waals surface area contributed by atoms with Gasteiger partial charge >= 0.3 is 12.1 Å². The molecule has 0 unspecified atom stereocenters. The topological polar surface area (TPSA) is 105 Å². The zero-order valence-corrected chi connectivity index (χ0v) is 29.7. The van der Waals surface area contributed by atoms with E-state index in [0.29, 0.717) is 18.3 Å². The monoisotopic (exact) mass is 692 g/mol. The van der Waals surface area contributed by atoms with Crippen LogP contribution >= 0.6 is 0 Å². The normalized spacial score (nSPS) is 16.5. The van der Waals surface area contributed by atoms with Crippen molar-refractivity contribution >= 4 is 17.4 Å². The average molecular weight is 693 g/mol. The number of likely N-dealkylation sites (N-methyl/N-ethyl adjacent to an activating group) is 1. The molecule has 268 valence electrons. The highest BCUT2D eigenvalue weighted by molar-refractivity contribution is 5.82. The van der Waals surface area contributed by atoms with Gasteiger partial charge in [0.1, 0.15) is 6.04 Å². The number of hydrogen-bond acceptors (Lipinski definition) is 5. The average Bonchev–Trinajstić information content (AvgIpc) is 2.96. The number of rotatable bonds is 13. The number of halogens is 3. The van der Waals surface area contributed by atoms with Gasteiger partial charge < -0.3 is 19.9 Å². The second-order valence-electron chi connectivity index (χ2n) is 14.8. The molecule has 2 heterocycles. The standard InChI is InChI=1S/C39H47F3N4O4/c1-23(2)15-33(46-22-26(11-14-45(5)6)29(18-34(46)47)39(40,41)42)37(50)44-32(19-35(48)49)31-17-27(36-24(3)9-7-10-25(36)4)16-30(43-31)28-20-38(21-28)12-8-13-38/h7,9-10,16-18,20,22-23,32-33H,8,11-15,19,21H2,1-6H3,(H,44,50)(H,48,49)/t32-,33-/m0/s1. The lowest BCUT2D eigenvalue weighted by Gasteiger charge is -2.47. The number of carbonyl (C=O) groups is 2.